The van der Waals surface area contributed by atoms with Crippen molar-refractivity contribution >= 4 is 11.8 Å². The molecule has 0 aromatic carbocycles. The lowest BCUT2D eigenvalue weighted by Gasteiger charge is -2.01. The van der Waals surface area contributed by atoms with Crippen LogP contribution in [0.5, 0.6) is 0 Å². The molecule has 2 N–H and O–H groups in total. The summed E-state index contributed by atoms with van der Waals surface area (Å²) in [6.07, 6.45) is 3.17. The molecule has 6 nitrogen and oxygen atoms in total. The Morgan fingerprint density at radius 1 is 1.31 bits per heavy atom. The van der Waals surface area contributed by atoms with Crippen LogP contribution in [0.25, 0.3) is 11.4 Å². The Morgan fingerprint density at radius 3 is 2.81 bits per heavy atom. The Hall–Kier alpha value is -1.89. The van der Waals surface area contributed by atoms with E-state index in [4.69, 9.17) is 0 Å². The van der Waals surface area contributed by atoms with Crippen LogP contribution in [0.4, 0.5) is 0 Å². The van der Waals surface area contributed by atoms with Gasteiger partial charge in [0.15, 0.2) is 5.16 Å². The van der Waals surface area contributed by atoms with E-state index < -0.39 is 5.69 Å². The molecule has 0 aliphatic carbocycles. The largest absolute Gasteiger partial charge is 0.345 e. The predicted molar refractivity (Wildman–Crippen MR) is 60.5 cm³/mol. The molecule has 2 rings (SSSR count). The van der Waals surface area contributed by atoms with E-state index >= 15 is 0 Å². The minimum Gasteiger partial charge on any atom is -0.304 e. The highest BCUT2D eigenvalue weighted by Crippen LogP contribution is 2.13. The van der Waals surface area contributed by atoms with E-state index in [0.29, 0.717) is 16.5 Å². The van der Waals surface area contributed by atoms with E-state index in [1.165, 1.54) is 24.0 Å². The molecule has 0 bridgehead atoms. The first-order chi connectivity index (χ1) is 7.69. The van der Waals surface area contributed by atoms with E-state index in [9.17, 15) is 9.59 Å². The first-order valence-corrected chi connectivity index (χ1v) is 5.62. The van der Waals surface area contributed by atoms with E-state index in [0.717, 1.165) is 0 Å². The number of thioether (sulfide) groups is 1. The van der Waals surface area contributed by atoms with Crippen LogP contribution in [-0.2, 0) is 0 Å². The zero-order valence-corrected chi connectivity index (χ0v) is 9.17. The van der Waals surface area contributed by atoms with E-state index in [-0.39, 0.29) is 5.56 Å². The molecule has 7 heteroatoms. The lowest BCUT2D eigenvalue weighted by molar-refractivity contribution is 0.936. The van der Waals surface area contributed by atoms with Gasteiger partial charge in [0.05, 0.1) is 11.4 Å². The van der Waals surface area contributed by atoms with Gasteiger partial charge in [-0.15, -0.1) is 0 Å². The Bertz CT molecular complexity index is 619. The number of nitrogens with zero attached hydrogens (tertiary/aromatic N) is 2. The minimum absolute atomic E-state index is 0.257. The van der Waals surface area contributed by atoms with Crippen LogP contribution >= 0.6 is 11.8 Å². The van der Waals surface area contributed by atoms with Gasteiger partial charge >= 0.3 is 5.69 Å². The normalized spacial score (nSPS) is 10.3. The molecule has 2 aromatic heterocycles. The van der Waals surface area contributed by atoms with Crippen LogP contribution < -0.4 is 11.2 Å². The number of aromatic nitrogens is 4. The molecule has 0 saturated carbocycles. The smallest absolute Gasteiger partial charge is 0.304 e. The molecule has 0 aliphatic rings. The summed E-state index contributed by atoms with van der Waals surface area (Å²) in [5.74, 6) is 0. The van der Waals surface area contributed by atoms with E-state index in [2.05, 4.69) is 19.9 Å². The third-order valence-corrected chi connectivity index (χ3v) is 2.44. The van der Waals surface area contributed by atoms with Gasteiger partial charge in [0, 0.05) is 12.3 Å². The molecule has 16 heavy (non-hydrogen) atoms. The third-order valence-electron chi connectivity index (χ3n) is 1.86. The Balaban J connectivity index is 2.60. The van der Waals surface area contributed by atoms with E-state index in [1.54, 1.807) is 12.3 Å². The molecule has 0 spiro atoms. The van der Waals surface area contributed by atoms with Crippen molar-refractivity contribution in [2.24, 2.45) is 0 Å². The summed E-state index contributed by atoms with van der Waals surface area (Å²) in [5.41, 5.74) is 0.172. The predicted octanol–water partition coefficient (Wildman–Crippen LogP) is 0.242. The van der Waals surface area contributed by atoms with Gasteiger partial charge in [-0.2, -0.15) is 0 Å². The molecule has 2 heterocycles. The highest BCUT2D eigenvalue weighted by atomic mass is 32.2. The highest BCUT2D eigenvalue weighted by Gasteiger charge is 2.04. The lowest BCUT2D eigenvalue weighted by atomic mass is 10.3. The summed E-state index contributed by atoms with van der Waals surface area (Å²) >= 11 is 1.32. The van der Waals surface area contributed by atoms with Gasteiger partial charge in [-0.05, 0) is 12.3 Å². The molecule has 0 amide bonds. The lowest BCUT2D eigenvalue weighted by Crippen LogP contribution is -2.12. The maximum atomic E-state index is 11.3. The number of hydrogen-bond donors (Lipinski definition) is 2. The first kappa shape index (κ1) is 10.6. The topological polar surface area (TPSA) is 91.5 Å². The van der Waals surface area contributed by atoms with Gasteiger partial charge in [-0.25, -0.2) is 14.8 Å². The van der Waals surface area contributed by atoms with Crippen LogP contribution in [-0.4, -0.2) is 26.2 Å². The fourth-order valence-electron chi connectivity index (χ4n) is 1.19. The average Bonchev–Trinajstić information content (AvgIpc) is 2.28. The van der Waals surface area contributed by atoms with Gasteiger partial charge in [-0.1, -0.05) is 11.8 Å². The zero-order chi connectivity index (χ0) is 11.5. The maximum absolute atomic E-state index is 11.3. The second-order valence-corrected chi connectivity index (χ2v) is 3.72. The number of H-pyrrole nitrogens is 2. The van der Waals surface area contributed by atoms with Gasteiger partial charge in [-0.3, -0.25) is 4.79 Å². The molecular weight excluding hydrogens is 228 g/mol. The van der Waals surface area contributed by atoms with Crippen LogP contribution in [0.1, 0.15) is 0 Å². The van der Waals surface area contributed by atoms with Crippen LogP contribution in [0.2, 0.25) is 0 Å². The van der Waals surface area contributed by atoms with Gasteiger partial charge in [0.25, 0.3) is 5.56 Å². The summed E-state index contributed by atoms with van der Waals surface area (Å²) in [6, 6.07) is 2.91. The number of rotatable bonds is 2. The average molecular weight is 236 g/mol. The summed E-state index contributed by atoms with van der Waals surface area (Å²) in [4.78, 5) is 35.1. The summed E-state index contributed by atoms with van der Waals surface area (Å²) in [7, 11) is 0. The van der Waals surface area contributed by atoms with E-state index in [1.807, 2.05) is 0 Å². The molecule has 0 radical (unpaired) electrons. The van der Waals surface area contributed by atoms with Crippen molar-refractivity contribution in [1.29, 1.82) is 0 Å². The third kappa shape index (κ3) is 2.19. The van der Waals surface area contributed by atoms with Crippen molar-refractivity contribution in [2.75, 3.05) is 6.26 Å². The fourth-order valence-corrected chi connectivity index (χ4v) is 1.58. The van der Waals surface area contributed by atoms with Crippen molar-refractivity contribution in [3.8, 4) is 11.4 Å². The fraction of sp³-hybridized carbons (Fsp3) is 0.111. The molecular formula is C9H8N4O2S. The number of hydrogen-bond acceptors (Lipinski definition) is 5. The van der Waals surface area contributed by atoms with Crippen molar-refractivity contribution in [1.82, 2.24) is 19.9 Å². The Kier molecular flexibility index (Phi) is 2.86. The van der Waals surface area contributed by atoms with Gasteiger partial charge in [0.1, 0.15) is 0 Å². The summed E-state index contributed by atoms with van der Waals surface area (Å²) in [5, 5.41) is 0.500. The van der Waals surface area contributed by atoms with Crippen LogP contribution in [0, 0.1) is 0 Å². The highest BCUT2D eigenvalue weighted by molar-refractivity contribution is 7.98. The Labute approximate surface area is 94.2 Å². The summed E-state index contributed by atoms with van der Waals surface area (Å²) in [6.45, 7) is 0. The minimum atomic E-state index is -0.467. The van der Waals surface area contributed by atoms with Gasteiger partial charge in [0.2, 0.25) is 0 Å². The molecule has 0 aliphatic heterocycles. The van der Waals surface area contributed by atoms with Crippen molar-refractivity contribution in [3.63, 3.8) is 0 Å². The second kappa shape index (κ2) is 4.31. The quantitative estimate of drug-likeness (QED) is 0.575. The summed E-state index contributed by atoms with van der Waals surface area (Å²) < 4.78 is 0. The van der Waals surface area contributed by atoms with Crippen molar-refractivity contribution < 1.29 is 0 Å². The SMILES string of the molecule is CSc1nc(-c2ccnc(=O)[nH]2)cc(=O)[nH]1. The number of aromatic amines is 2. The van der Waals surface area contributed by atoms with Crippen LogP contribution in [0.3, 0.4) is 0 Å². The zero-order valence-electron chi connectivity index (χ0n) is 8.35. The number of nitrogens with one attached hydrogen (secondary N) is 2. The second-order valence-electron chi connectivity index (χ2n) is 2.93. The molecule has 0 saturated heterocycles. The monoisotopic (exact) mass is 236 g/mol. The standard InChI is InChI=1S/C9H8N4O2S/c1-16-9-12-6(4-7(14)13-9)5-2-3-10-8(15)11-5/h2-4H,1H3,(H,10,11,15)(H,12,13,14). The Morgan fingerprint density at radius 2 is 2.12 bits per heavy atom. The molecule has 0 fully saturated rings. The van der Waals surface area contributed by atoms with Crippen LogP contribution in [0.15, 0.2) is 33.1 Å². The van der Waals surface area contributed by atoms with Crippen molar-refractivity contribution in [3.05, 3.63) is 39.2 Å². The van der Waals surface area contributed by atoms with Crippen molar-refractivity contribution in [2.45, 2.75) is 5.16 Å². The van der Waals surface area contributed by atoms with Gasteiger partial charge < -0.3 is 9.97 Å². The first-order valence-electron chi connectivity index (χ1n) is 4.40. The molecule has 0 atom stereocenters. The maximum Gasteiger partial charge on any atom is 0.345 e. The molecule has 0 unspecified atom stereocenters. The molecule has 2 aromatic rings. The molecule has 82 valence electrons.